The van der Waals surface area contributed by atoms with Crippen LogP contribution in [0.1, 0.15) is 0 Å². The largest absolute Gasteiger partial charge is 0.413 e. The van der Waals surface area contributed by atoms with Crippen molar-refractivity contribution in [2.24, 2.45) is 0 Å². The summed E-state index contributed by atoms with van der Waals surface area (Å²) in [5.74, 6) is 0.917. The summed E-state index contributed by atoms with van der Waals surface area (Å²) >= 11 is 5.89. The normalized spacial score (nSPS) is 10.8. The van der Waals surface area contributed by atoms with Crippen LogP contribution in [0.4, 0.5) is 5.82 Å². The Morgan fingerprint density at radius 3 is 2.84 bits per heavy atom. The summed E-state index contributed by atoms with van der Waals surface area (Å²) in [5, 5.41) is 0.372. The quantitative estimate of drug-likeness (QED) is 0.721. The molecule has 3 heterocycles. The lowest BCUT2D eigenvalue weighted by Gasteiger charge is -2.07. The average molecular weight is 276 g/mol. The van der Waals surface area contributed by atoms with Crippen LogP contribution in [-0.2, 0) is 0 Å². The maximum atomic E-state index is 5.89. The summed E-state index contributed by atoms with van der Waals surface area (Å²) in [5.41, 5.74) is 7.75. The van der Waals surface area contributed by atoms with E-state index in [1.165, 1.54) is 11.8 Å². The van der Waals surface area contributed by atoms with Crippen LogP contribution in [0.25, 0.3) is 22.6 Å². The highest BCUT2D eigenvalue weighted by molar-refractivity contribution is 6.29. The van der Waals surface area contributed by atoms with Gasteiger partial charge in [0.05, 0.1) is 5.56 Å². The maximum absolute atomic E-state index is 5.89. The molecule has 3 rings (SSSR count). The minimum absolute atomic E-state index is 0.372. The van der Waals surface area contributed by atoms with E-state index in [-0.39, 0.29) is 0 Å². The second-order valence-corrected chi connectivity index (χ2v) is 4.21. The summed E-state index contributed by atoms with van der Waals surface area (Å²) in [6.07, 6.45) is 1.62. The van der Waals surface area contributed by atoms with E-state index in [1.54, 1.807) is 24.4 Å². The number of hydrogen-bond acceptors (Lipinski definition) is 5. The highest BCUT2D eigenvalue weighted by Gasteiger charge is 2.16. The van der Waals surface area contributed by atoms with E-state index in [4.69, 9.17) is 22.2 Å². The summed E-state index contributed by atoms with van der Waals surface area (Å²) in [7, 11) is 1.53. The van der Waals surface area contributed by atoms with Gasteiger partial charge in [0.15, 0.2) is 11.5 Å². The molecule has 0 bridgehead atoms. The van der Waals surface area contributed by atoms with Crippen LogP contribution in [0.3, 0.4) is 0 Å². The zero-order valence-electron chi connectivity index (χ0n) is 10.0. The Labute approximate surface area is 113 Å². The molecule has 0 aliphatic carbocycles. The third-order valence-electron chi connectivity index (χ3n) is 2.69. The minimum Gasteiger partial charge on any atom is -0.413 e. The van der Waals surface area contributed by atoms with E-state index >= 15 is 0 Å². The molecule has 0 amide bonds. The summed E-state index contributed by atoms with van der Waals surface area (Å²) in [6.45, 7) is 0. The molecule has 7 heteroatoms. The molecule has 0 spiro atoms. The zero-order valence-corrected chi connectivity index (χ0v) is 10.8. The third kappa shape index (κ3) is 1.86. The number of hydrogen-bond donors (Lipinski definition) is 1. The number of nitrogens with zero attached hydrogens (tertiary/aromatic N) is 4. The van der Waals surface area contributed by atoms with Gasteiger partial charge < -0.3 is 10.6 Å². The summed E-state index contributed by atoms with van der Waals surface area (Å²) in [6, 6.07) is 7.05. The SMILES string of the molecule is COn1c(-c2cccnc2N)nc2ccc(Cl)nc21. The second-order valence-electron chi connectivity index (χ2n) is 3.83. The first-order valence-corrected chi connectivity index (χ1v) is 5.89. The maximum Gasteiger partial charge on any atom is 0.198 e. The predicted molar refractivity (Wildman–Crippen MR) is 72.7 cm³/mol. The number of nitrogen functional groups attached to an aromatic ring is 1. The molecule has 0 fully saturated rings. The highest BCUT2D eigenvalue weighted by atomic mass is 35.5. The van der Waals surface area contributed by atoms with Crippen molar-refractivity contribution in [1.82, 2.24) is 19.7 Å². The molecule has 0 saturated heterocycles. The lowest BCUT2D eigenvalue weighted by molar-refractivity contribution is 0.180. The lowest BCUT2D eigenvalue weighted by Crippen LogP contribution is -2.09. The van der Waals surface area contributed by atoms with Crippen molar-refractivity contribution in [2.45, 2.75) is 0 Å². The fraction of sp³-hybridized carbons (Fsp3) is 0.0833. The average Bonchev–Trinajstić information content (AvgIpc) is 2.76. The second kappa shape index (κ2) is 4.40. The first-order valence-electron chi connectivity index (χ1n) is 5.51. The molecule has 96 valence electrons. The molecule has 0 aliphatic heterocycles. The molecule has 19 heavy (non-hydrogen) atoms. The van der Waals surface area contributed by atoms with Crippen LogP contribution in [0, 0.1) is 0 Å². The van der Waals surface area contributed by atoms with Crippen molar-refractivity contribution < 1.29 is 4.84 Å². The predicted octanol–water partition coefficient (Wildman–Crippen LogP) is 1.79. The first kappa shape index (κ1) is 11.7. The number of halogens is 1. The Balaban J connectivity index is 2.33. The van der Waals surface area contributed by atoms with Gasteiger partial charge in [0.25, 0.3) is 0 Å². The third-order valence-corrected chi connectivity index (χ3v) is 2.90. The fourth-order valence-corrected chi connectivity index (χ4v) is 2.01. The number of rotatable bonds is 2. The first-order chi connectivity index (χ1) is 9.20. The Morgan fingerprint density at radius 1 is 1.26 bits per heavy atom. The van der Waals surface area contributed by atoms with E-state index in [9.17, 15) is 0 Å². The number of anilines is 1. The van der Waals surface area contributed by atoms with Crippen LogP contribution < -0.4 is 10.6 Å². The van der Waals surface area contributed by atoms with Gasteiger partial charge in [-0.3, -0.25) is 0 Å². The highest BCUT2D eigenvalue weighted by Crippen LogP contribution is 2.26. The molecule has 0 saturated carbocycles. The van der Waals surface area contributed by atoms with Crippen molar-refractivity contribution in [3.8, 4) is 11.4 Å². The zero-order chi connectivity index (χ0) is 13.4. The van der Waals surface area contributed by atoms with Gasteiger partial charge in [-0.15, -0.1) is 4.73 Å². The molecule has 0 radical (unpaired) electrons. The van der Waals surface area contributed by atoms with Gasteiger partial charge >= 0.3 is 0 Å². The van der Waals surface area contributed by atoms with E-state index in [2.05, 4.69) is 15.0 Å². The van der Waals surface area contributed by atoms with E-state index in [0.717, 1.165) is 0 Å². The van der Waals surface area contributed by atoms with Crippen molar-refractivity contribution in [1.29, 1.82) is 0 Å². The monoisotopic (exact) mass is 275 g/mol. The van der Waals surface area contributed by atoms with Crippen molar-refractivity contribution in [3.63, 3.8) is 0 Å². The van der Waals surface area contributed by atoms with Gasteiger partial charge in [-0.2, -0.15) is 0 Å². The molecule has 2 N–H and O–H groups in total. The molecule has 0 aromatic carbocycles. The molecular weight excluding hydrogens is 266 g/mol. The van der Waals surface area contributed by atoms with Crippen LogP contribution in [0.15, 0.2) is 30.5 Å². The Hall–Kier alpha value is -2.34. The number of pyridine rings is 2. The number of nitrogens with two attached hydrogens (primary N) is 1. The molecular formula is C12H10ClN5O. The molecule has 3 aromatic rings. The Morgan fingerprint density at radius 2 is 2.11 bits per heavy atom. The minimum atomic E-state index is 0.372. The van der Waals surface area contributed by atoms with Gasteiger partial charge in [-0.1, -0.05) is 11.6 Å². The Bertz CT molecular complexity index is 755. The van der Waals surface area contributed by atoms with Gasteiger partial charge in [-0.05, 0) is 24.3 Å². The molecule has 0 atom stereocenters. The van der Waals surface area contributed by atoms with Crippen LogP contribution in [-0.4, -0.2) is 26.8 Å². The fourth-order valence-electron chi connectivity index (χ4n) is 1.86. The van der Waals surface area contributed by atoms with Gasteiger partial charge in [-0.25, -0.2) is 15.0 Å². The van der Waals surface area contributed by atoms with Crippen LogP contribution in [0.2, 0.25) is 5.15 Å². The van der Waals surface area contributed by atoms with E-state index < -0.39 is 0 Å². The molecule has 0 aliphatic rings. The van der Waals surface area contributed by atoms with E-state index in [0.29, 0.717) is 33.5 Å². The number of aromatic nitrogens is 4. The van der Waals surface area contributed by atoms with E-state index in [1.807, 2.05) is 6.07 Å². The van der Waals surface area contributed by atoms with Crippen molar-refractivity contribution in [3.05, 3.63) is 35.6 Å². The van der Waals surface area contributed by atoms with Crippen LogP contribution in [0.5, 0.6) is 0 Å². The standard InChI is InChI=1S/C12H10ClN5O/c1-19-18-11(7-3-2-6-15-10(7)14)16-8-4-5-9(13)17-12(8)18/h2-6H,1H3,(H2,14,15). The molecule has 3 aromatic heterocycles. The molecule has 0 unspecified atom stereocenters. The van der Waals surface area contributed by atoms with Crippen molar-refractivity contribution in [2.75, 3.05) is 12.8 Å². The summed E-state index contributed by atoms with van der Waals surface area (Å²) < 4.78 is 1.48. The van der Waals surface area contributed by atoms with Gasteiger partial charge in [0.1, 0.15) is 23.6 Å². The number of fused-ring (bicyclic) bond motifs is 1. The van der Waals surface area contributed by atoms with Crippen LogP contribution >= 0.6 is 11.6 Å². The smallest absolute Gasteiger partial charge is 0.198 e. The summed E-state index contributed by atoms with van der Waals surface area (Å²) in [4.78, 5) is 18.0. The van der Waals surface area contributed by atoms with Crippen molar-refractivity contribution >= 4 is 28.6 Å². The molecule has 6 nitrogen and oxygen atoms in total. The number of imidazole rings is 1. The van der Waals surface area contributed by atoms with Gasteiger partial charge in [0.2, 0.25) is 0 Å². The topological polar surface area (TPSA) is 78.9 Å². The Kier molecular flexibility index (Phi) is 2.72. The lowest BCUT2D eigenvalue weighted by atomic mass is 10.2. The van der Waals surface area contributed by atoms with Gasteiger partial charge in [0, 0.05) is 6.20 Å².